The SMILES string of the molecule is C/C=C(/CC)COC. The van der Waals surface area contributed by atoms with E-state index < -0.39 is 0 Å². The van der Waals surface area contributed by atoms with Gasteiger partial charge < -0.3 is 4.74 Å². The highest BCUT2D eigenvalue weighted by molar-refractivity contribution is 4.98. The molecule has 0 fully saturated rings. The largest absolute Gasteiger partial charge is 0.380 e. The van der Waals surface area contributed by atoms with Crippen LogP contribution in [0, 0.1) is 0 Å². The minimum absolute atomic E-state index is 0.785. The molecule has 1 heteroatoms. The van der Waals surface area contributed by atoms with Gasteiger partial charge in [-0.15, -0.1) is 0 Å². The fourth-order valence-corrected chi connectivity index (χ4v) is 0.575. The van der Waals surface area contributed by atoms with Crippen molar-refractivity contribution >= 4 is 0 Å². The summed E-state index contributed by atoms with van der Waals surface area (Å²) in [7, 11) is 1.72. The molecular formula is C7H14O. The zero-order valence-electron chi connectivity index (χ0n) is 5.90. The molecule has 0 heterocycles. The van der Waals surface area contributed by atoms with E-state index in [-0.39, 0.29) is 0 Å². The van der Waals surface area contributed by atoms with Crippen molar-refractivity contribution in [1.82, 2.24) is 0 Å². The molecule has 48 valence electrons. The third-order valence-corrected chi connectivity index (χ3v) is 1.19. The molecule has 0 radical (unpaired) electrons. The highest BCUT2D eigenvalue weighted by Gasteiger charge is 1.86. The lowest BCUT2D eigenvalue weighted by Gasteiger charge is -1.98. The van der Waals surface area contributed by atoms with Gasteiger partial charge in [-0.05, 0) is 18.9 Å². The third-order valence-electron chi connectivity index (χ3n) is 1.19. The summed E-state index contributed by atoms with van der Waals surface area (Å²) in [6.45, 7) is 4.96. The predicted octanol–water partition coefficient (Wildman–Crippen LogP) is 1.99. The number of hydrogen-bond acceptors (Lipinski definition) is 1. The summed E-state index contributed by atoms with van der Waals surface area (Å²) >= 11 is 0. The molecule has 0 aliphatic heterocycles. The second-order valence-electron chi connectivity index (χ2n) is 1.73. The molecule has 0 amide bonds. The Morgan fingerprint density at radius 3 is 2.38 bits per heavy atom. The summed E-state index contributed by atoms with van der Waals surface area (Å²) in [6, 6.07) is 0. The summed E-state index contributed by atoms with van der Waals surface area (Å²) < 4.78 is 4.92. The van der Waals surface area contributed by atoms with Crippen LogP contribution in [0.1, 0.15) is 20.3 Å². The van der Waals surface area contributed by atoms with Gasteiger partial charge in [-0.1, -0.05) is 13.0 Å². The van der Waals surface area contributed by atoms with Crippen molar-refractivity contribution in [2.45, 2.75) is 20.3 Å². The van der Waals surface area contributed by atoms with Gasteiger partial charge in [0.1, 0.15) is 0 Å². The number of allylic oxidation sites excluding steroid dienone is 1. The Morgan fingerprint density at radius 1 is 1.62 bits per heavy atom. The molecule has 0 rings (SSSR count). The van der Waals surface area contributed by atoms with Crippen LogP contribution in [0.3, 0.4) is 0 Å². The van der Waals surface area contributed by atoms with E-state index in [0.717, 1.165) is 13.0 Å². The average molecular weight is 114 g/mol. The molecule has 0 aromatic carbocycles. The molecule has 0 aliphatic rings. The van der Waals surface area contributed by atoms with Gasteiger partial charge in [0.25, 0.3) is 0 Å². The second-order valence-corrected chi connectivity index (χ2v) is 1.73. The lowest BCUT2D eigenvalue weighted by atomic mass is 10.2. The molecule has 0 aromatic heterocycles. The van der Waals surface area contributed by atoms with E-state index in [9.17, 15) is 0 Å². The van der Waals surface area contributed by atoms with E-state index in [1.165, 1.54) is 5.57 Å². The van der Waals surface area contributed by atoms with Crippen molar-refractivity contribution in [3.05, 3.63) is 11.6 Å². The van der Waals surface area contributed by atoms with Gasteiger partial charge in [0.2, 0.25) is 0 Å². The fraction of sp³-hybridized carbons (Fsp3) is 0.714. The zero-order chi connectivity index (χ0) is 6.41. The highest BCUT2D eigenvalue weighted by atomic mass is 16.5. The van der Waals surface area contributed by atoms with Crippen molar-refractivity contribution < 1.29 is 4.74 Å². The van der Waals surface area contributed by atoms with E-state index in [4.69, 9.17) is 4.74 Å². The molecule has 0 aromatic rings. The molecule has 0 bridgehead atoms. The average Bonchev–Trinajstić information content (AvgIpc) is 1.83. The smallest absolute Gasteiger partial charge is 0.0672 e. The lowest BCUT2D eigenvalue weighted by molar-refractivity contribution is 0.223. The Kier molecular flexibility index (Phi) is 4.67. The van der Waals surface area contributed by atoms with E-state index in [1.807, 2.05) is 6.92 Å². The number of rotatable bonds is 3. The minimum atomic E-state index is 0.785. The Morgan fingerprint density at radius 2 is 2.25 bits per heavy atom. The van der Waals surface area contributed by atoms with Crippen molar-refractivity contribution in [1.29, 1.82) is 0 Å². The van der Waals surface area contributed by atoms with Crippen LogP contribution in [-0.2, 0) is 4.74 Å². The zero-order valence-corrected chi connectivity index (χ0v) is 5.90. The number of hydrogen-bond donors (Lipinski definition) is 0. The molecule has 0 saturated carbocycles. The first kappa shape index (κ1) is 7.70. The Balaban J connectivity index is 3.38. The topological polar surface area (TPSA) is 9.23 Å². The van der Waals surface area contributed by atoms with Crippen molar-refractivity contribution in [3.63, 3.8) is 0 Å². The summed E-state index contributed by atoms with van der Waals surface area (Å²) in [5, 5.41) is 0. The van der Waals surface area contributed by atoms with Crippen molar-refractivity contribution in [2.24, 2.45) is 0 Å². The standard InChI is InChI=1S/C7H14O/c1-4-7(5-2)6-8-3/h4H,5-6H2,1-3H3/b7-4-. The maximum Gasteiger partial charge on any atom is 0.0672 e. The fourth-order valence-electron chi connectivity index (χ4n) is 0.575. The van der Waals surface area contributed by atoms with Gasteiger partial charge in [0, 0.05) is 7.11 Å². The van der Waals surface area contributed by atoms with Crippen LogP contribution >= 0.6 is 0 Å². The molecule has 0 unspecified atom stereocenters. The van der Waals surface area contributed by atoms with Crippen LogP contribution in [0.5, 0.6) is 0 Å². The quantitative estimate of drug-likeness (QED) is 0.510. The predicted molar refractivity (Wildman–Crippen MR) is 35.9 cm³/mol. The van der Waals surface area contributed by atoms with E-state index in [1.54, 1.807) is 7.11 Å². The van der Waals surface area contributed by atoms with Gasteiger partial charge in [-0.25, -0.2) is 0 Å². The normalized spacial score (nSPS) is 12.1. The van der Waals surface area contributed by atoms with Gasteiger partial charge in [0.05, 0.1) is 6.61 Å². The molecule has 0 N–H and O–H groups in total. The first-order valence-electron chi connectivity index (χ1n) is 2.98. The summed E-state index contributed by atoms with van der Waals surface area (Å²) in [5.41, 5.74) is 1.37. The summed E-state index contributed by atoms with van der Waals surface area (Å²) in [4.78, 5) is 0. The van der Waals surface area contributed by atoms with Crippen LogP contribution in [0.25, 0.3) is 0 Å². The van der Waals surface area contributed by atoms with Gasteiger partial charge >= 0.3 is 0 Å². The summed E-state index contributed by atoms with van der Waals surface area (Å²) in [6.07, 6.45) is 3.20. The van der Waals surface area contributed by atoms with Crippen LogP contribution in [0.15, 0.2) is 11.6 Å². The van der Waals surface area contributed by atoms with Crippen molar-refractivity contribution in [2.75, 3.05) is 13.7 Å². The van der Waals surface area contributed by atoms with Gasteiger partial charge in [-0.3, -0.25) is 0 Å². The Bertz CT molecular complexity index is 74.5. The van der Waals surface area contributed by atoms with Gasteiger partial charge in [0.15, 0.2) is 0 Å². The van der Waals surface area contributed by atoms with E-state index >= 15 is 0 Å². The minimum Gasteiger partial charge on any atom is -0.380 e. The lowest BCUT2D eigenvalue weighted by Crippen LogP contribution is -1.91. The molecule has 8 heavy (non-hydrogen) atoms. The van der Waals surface area contributed by atoms with E-state index in [2.05, 4.69) is 13.0 Å². The molecule has 0 spiro atoms. The highest BCUT2D eigenvalue weighted by Crippen LogP contribution is 1.98. The second kappa shape index (κ2) is 4.85. The first-order chi connectivity index (χ1) is 3.85. The molecule has 0 saturated heterocycles. The van der Waals surface area contributed by atoms with Crippen molar-refractivity contribution in [3.8, 4) is 0 Å². The van der Waals surface area contributed by atoms with Gasteiger partial charge in [-0.2, -0.15) is 0 Å². The third kappa shape index (κ3) is 2.80. The Labute approximate surface area is 51.4 Å². The maximum absolute atomic E-state index is 4.92. The van der Waals surface area contributed by atoms with Crippen LogP contribution < -0.4 is 0 Å². The van der Waals surface area contributed by atoms with Crippen LogP contribution in [0.4, 0.5) is 0 Å². The molecule has 0 aliphatic carbocycles. The number of ether oxygens (including phenoxy) is 1. The first-order valence-corrected chi connectivity index (χ1v) is 2.98. The van der Waals surface area contributed by atoms with Crippen LogP contribution in [0.2, 0.25) is 0 Å². The summed E-state index contributed by atoms with van der Waals surface area (Å²) in [5.74, 6) is 0. The van der Waals surface area contributed by atoms with E-state index in [0.29, 0.717) is 0 Å². The Hall–Kier alpha value is -0.300. The molecular weight excluding hydrogens is 100 g/mol. The molecule has 0 atom stereocenters. The maximum atomic E-state index is 4.92. The monoisotopic (exact) mass is 114 g/mol. The number of methoxy groups -OCH3 is 1. The van der Waals surface area contributed by atoms with Crippen LogP contribution in [-0.4, -0.2) is 13.7 Å². The molecule has 1 nitrogen and oxygen atoms in total.